The minimum absolute atomic E-state index is 0.00309. The molecule has 1 unspecified atom stereocenters. The number of para-hydroxylation sites is 1. The molecule has 1 aromatic carbocycles. The lowest BCUT2D eigenvalue weighted by molar-refractivity contribution is -0.116. The minimum atomic E-state index is -3.49. The molecule has 8 nitrogen and oxygen atoms in total. The number of guanidine groups is 1. The molecule has 156 valence electrons. The summed E-state index contributed by atoms with van der Waals surface area (Å²) >= 11 is 1.24. The highest BCUT2D eigenvalue weighted by Crippen LogP contribution is 2.31. The van der Waals surface area contributed by atoms with Crippen LogP contribution in [0.25, 0.3) is 0 Å². The van der Waals surface area contributed by atoms with Gasteiger partial charge >= 0.3 is 0 Å². The van der Waals surface area contributed by atoms with Crippen molar-refractivity contribution in [2.24, 2.45) is 4.99 Å². The van der Waals surface area contributed by atoms with Crippen molar-refractivity contribution in [3.05, 3.63) is 46.8 Å². The van der Waals surface area contributed by atoms with E-state index in [4.69, 9.17) is 0 Å². The van der Waals surface area contributed by atoms with Crippen molar-refractivity contribution in [1.29, 1.82) is 0 Å². The number of aryl methyl sites for hydroxylation is 1. The molecular weight excluding hydrogens is 410 g/mol. The van der Waals surface area contributed by atoms with Gasteiger partial charge in [-0.3, -0.25) is 9.79 Å². The van der Waals surface area contributed by atoms with Crippen LogP contribution in [0, 0.1) is 6.92 Å². The van der Waals surface area contributed by atoms with Gasteiger partial charge in [0.15, 0.2) is 5.96 Å². The molecule has 2 aromatic rings. The summed E-state index contributed by atoms with van der Waals surface area (Å²) in [5.41, 5.74) is 1.94. The zero-order chi connectivity index (χ0) is 20.9. The summed E-state index contributed by atoms with van der Waals surface area (Å²) in [6, 6.07) is 11.2. The average Bonchev–Trinajstić information content (AvgIpc) is 3.14. The lowest BCUT2D eigenvalue weighted by Gasteiger charge is -2.26. The van der Waals surface area contributed by atoms with Gasteiger partial charge in [-0.05, 0) is 30.7 Å². The molecule has 0 spiro atoms. The molecular formula is C19H25N5O3S2. The number of amides is 1. The van der Waals surface area contributed by atoms with Gasteiger partial charge in [0.2, 0.25) is 15.9 Å². The second kappa shape index (κ2) is 9.38. The van der Waals surface area contributed by atoms with Crippen LogP contribution in [0.1, 0.15) is 22.8 Å². The zero-order valence-corrected chi connectivity index (χ0v) is 18.0. The second-order valence-electron chi connectivity index (χ2n) is 6.68. The third kappa shape index (κ3) is 5.55. The number of anilines is 1. The summed E-state index contributed by atoms with van der Waals surface area (Å²) in [6.45, 7) is 3.03. The Bertz CT molecular complexity index is 1000. The number of hydrogen-bond acceptors (Lipinski definition) is 5. The first-order valence-corrected chi connectivity index (χ1v) is 11.6. The fraction of sp³-hybridized carbons (Fsp3) is 0.368. The predicted molar refractivity (Wildman–Crippen MR) is 116 cm³/mol. The molecule has 1 aliphatic rings. The number of hydrogen-bond donors (Lipinski definition) is 4. The van der Waals surface area contributed by atoms with E-state index >= 15 is 0 Å². The summed E-state index contributed by atoms with van der Waals surface area (Å²) in [4.78, 5) is 17.0. The van der Waals surface area contributed by atoms with E-state index in [-0.39, 0.29) is 18.4 Å². The lowest BCUT2D eigenvalue weighted by atomic mass is 9.90. The quantitative estimate of drug-likeness (QED) is 0.300. The number of thiophene rings is 1. The Kier molecular flexibility index (Phi) is 6.88. The number of fused-ring (bicyclic) bond motifs is 1. The van der Waals surface area contributed by atoms with Crippen molar-refractivity contribution in [2.45, 2.75) is 23.5 Å². The lowest BCUT2D eigenvalue weighted by Crippen LogP contribution is -2.43. The van der Waals surface area contributed by atoms with Gasteiger partial charge in [-0.15, -0.1) is 11.3 Å². The number of carbonyl (C=O) groups excluding carboxylic acids is 1. The van der Waals surface area contributed by atoms with Gasteiger partial charge in [-0.1, -0.05) is 18.2 Å². The molecule has 0 saturated heterocycles. The Labute approximate surface area is 174 Å². The molecule has 1 atom stereocenters. The van der Waals surface area contributed by atoms with Crippen LogP contribution in [-0.2, 0) is 14.8 Å². The maximum atomic E-state index is 12.2. The molecule has 0 aliphatic carbocycles. The van der Waals surface area contributed by atoms with Crippen LogP contribution in [-0.4, -0.2) is 47.0 Å². The fourth-order valence-corrected chi connectivity index (χ4v) is 5.48. The normalized spacial score (nSPS) is 16.8. The van der Waals surface area contributed by atoms with Crippen molar-refractivity contribution in [1.82, 2.24) is 15.4 Å². The highest BCUT2D eigenvalue weighted by atomic mass is 32.2. The van der Waals surface area contributed by atoms with Gasteiger partial charge in [0.1, 0.15) is 4.21 Å². The van der Waals surface area contributed by atoms with Gasteiger partial charge in [0.25, 0.3) is 0 Å². The molecule has 1 aliphatic heterocycles. The fourth-order valence-electron chi connectivity index (χ4n) is 3.12. The highest BCUT2D eigenvalue weighted by molar-refractivity contribution is 7.91. The molecule has 1 aromatic heterocycles. The topological polar surface area (TPSA) is 112 Å². The highest BCUT2D eigenvalue weighted by Gasteiger charge is 2.24. The maximum absolute atomic E-state index is 12.2. The first-order valence-electron chi connectivity index (χ1n) is 9.28. The smallest absolute Gasteiger partial charge is 0.250 e. The Morgan fingerprint density at radius 3 is 2.72 bits per heavy atom. The number of benzene rings is 1. The molecule has 2 heterocycles. The van der Waals surface area contributed by atoms with E-state index in [1.54, 1.807) is 19.2 Å². The molecule has 0 radical (unpaired) electrons. The van der Waals surface area contributed by atoms with Crippen LogP contribution in [0.2, 0.25) is 0 Å². The van der Waals surface area contributed by atoms with Gasteiger partial charge in [-0.2, -0.15) is 0 Å². The van der Waals surface area contributed by atoms with Crippen molar-refractivity contribution in [3.63, 3.8) is 0 Å². The number of aliphatic imine (C=N–C) groups is 1. The van der Waals surface area contributed by atoms with Crippen molar-refractivity contribution in [3.8, 4) is 0 Å². The third-order valence-corrected chi connectivity index (χ3v) is 7.49. The number of carbonyl (C=O) groups is 1. The molecule has 0 bridgehead atoms. The number of rotatable bonds is 7. The van der Waals surface area contributed by atoms with E-state index < -0.39 is 10.0 Å². The molecule has 29 heavy (non-hydrogen) atoms. The van der Waals surface area contributed by atoms with E-state index in [1.807, 2.05) is 31.2 Å². The maximum Gasteiger partial charge on any atom is 0.250 e. The molecule has 0 fully saturated rings. The number of nitrogens with one attached hydrogen (secondary N) is 4. The molecule has 4 N–H and O–H groups in total. The van der Waals surface area contributed by atoms with Crippen LogP contribution >= 0.6 is 11.3 Å². The predicted octanol–water partition coefficient (Wildman–Crippen LogP) is 1.63. The molecule has 3 rings (SSSR count). The average molecular weight is 436 g/mol. The Balaban J connectivity index is 1.47. The van der Waals surface area contributed by atoms with Crippen molar-refractivity contribution < 1.29 is 13.2 Å². The standard InChI is InChI=1S/C19H25N5O3S2/c1-13-7-8-18(28-13)29(26,27)23-10-9-21-19(20-2)22-12-14-11-17(25)24-16-6-4-3-5-15(14)16/h3-8,14,23H,9-12H2,1-2H3,(H,24,25)(H2,20,21,22). The molecule has 1 amide bonds. The van der Waals surface area contributed by atoms with E-state index in [0.717, 1.165) is 16.1 Å². The van der Waals surface area contributed by atoms with Gasteiger partial charge in [-0.25, -0.2) is 13.1 Å². The van der Waals surface area contributed by atoms with Gasteiger partial charge in [0, 0.05) is 49.6 Å². The monoisotopic (exact) mass is 435 g/mol. The van der Waals surface area contributed by atoms with E-state index in [0.29, 0.717) is 29.7 Å². The van der Waals surface area contributed by atoms with Crippen LogP contribution in [0.3, 0.4) is 0 Å². The molecule has 0 saturated carbocycles. The summed E-state index contributed by atoms with van der Waals surface area (Å²) in [6.07, 6.45) is 0.404. The first-order chi connectivity index (χ1) is 13.9. The van der Waals surface area contributed by atoms with E-state index in [2.05, 4.69) is 25.7 Å². The summed E-state index contributed by atoms with van der Waals surface area (Å²) in [5, 5.41) is 9.19. The van der Waals surface area contributed by atoms with Crippen LogP contribution in [0.4, 0.5) is 5.69 Å². The van der Waals surface area contributed by atoms with E-state index in [1.165, 1.54) is 11.3 Å². The SMILES string of the molecule is CN=C(NCCNS(=O)(=O)c1ccc(C)s1)NCC1CC(=O)Nc2ccccc21. The van der Waals surface area contributed by atoms with Crippen LogP contribution < -0.4 is 20.7 Å². The summed E-state index contributed by atoms with van der Waals surface area (Å²) in [5.74, 6) is 0.593. The van der Waals surface area contributed by atoms with Gasteiger partial charge in [0.05, 0.1) is 0 Å². The summed E-state index contributed by atoms with van der Waals surface area (Å²) in [7, 11) is -1.84. The Morgan fingerprint density at radius 2 is 2.00 bits per heavy atom. The van der Waals surface area contributed by atoms with Crippen LogP contribution in [0.5, 0.6) is 0 Å². The first kappa shape index (κ1) is 21.3. The number of nitrogens with zero attached hydrogens (tertiary/aromatic N) is 1. The third-order valence-electron chi connectivity index (χ3n) is 4.54. The minimum Gasteiger partial charge on any atom is -0.356 e. The van der Waals surface area contributed by atoms with Crippen molar-refractivity contribution in [2.75, 3.05) is 32.0 Å². The van der Waals surface area contributed by atoms with E-state index in [9.17, 15) is 13.2 Å². The largest absolute Gasteiger partial charge is 0.356 e. The summed E-state index contributed by atoms with van der Waals surface area (Å²) < 4.78 is 27.3. The van der Waals surface area contributed by atoms with Crippen molar-refractivity contribution >= 4 is 38.9 Å². The second-order valence-corrected chi connectivity index (χ2v) is 9.96. The van der Waals surface area contributed by atoms with Crippen LogP contribution in [0.15, 0.2) is 45.6 Å². The number of sulfonamides is 1. The Morgan fingerprint density at radius 1 is 1.21 bits per heavy atom. The zero-order valence-electron chi connectivity index (χ0n) is 16.4. The Hall–Kier alpha value is -2.43. The molecule has 10 heteroatoms. The van der Waals surface area contributed by atoms with Gasteiger partial charge < -0.3 is 16.0 Å².